The zero-order chi connectivity index (χ0) is 17.7. The number of aryl methyl sites for hydroxylation is 1. The second kappa shape index (κ2) is 6.66. The third-order valence-corrected chi connectivity index (χ3v) is 8.23. The second-order valence-corrected chi connectivity index (χ2v) is 9.70. The largest absolute Gasteiger partial charge is 0.481 e. The maximum absolute atomic E-state index is 5.77. The molecule has 5 rings (SSSR count). The Hall–Kier alpha value is -0.820. The van der Waals surface area contributed by atoms with E-state index in [4.69, 9.17) is 9.47 Å². The predicted octanol–water partition coefficient (Wildman–Crippen LogP) is 3.12. The molecular formula is C20H29N3O2S. The first-order valence-corrected chi connectivity index (χ1v) is 10.7. The molecule has 1 spiro atoms. The van der Waals surface area contributed by atoms with E-state index in [1.807, 2.05) is 18.0 Å². The summed E-state index contributed by atoms with van der Waals surface area (Å²) in [5, 5.41) is 0. The van der Waals surface area contributed by atoms with Gasteiger partial charge in [0.15, 0.2) is 0 Å². The number of likely N-dealkylation sites (tertiary alicyclic amines) is 1. The normalized spacial score (nSPS) is 31.5. The van der Waals surface area contributed by atoms with E-state index in [1.165, 1.54) is 56.6 Å². The number of ether oxygens (including phenoxy) is 2. The van der Waals surface area contributed by atoms with Crippen LogP contribution in [-0.2, 0) is 4.74 Å². The Balaban J connectivity index is 1.13. The van der Waals surface area contributed by atoms with E-state index in [2.05, 4.69) is 27.2 Å². The highest BCUT2D eigenvalue weighted by Crippen LogP contribution is 2.53. The number of aromatic nitrogens is 1. The van der Waals surface area contributed by atoms with E-state index in [-0.39, 0.29) is 0 Å². The van der Waals surface area contributed by atoms with Crippen molar-refractivity contribution in [3.63, 3.8) is 0 Å². The lowest BCUT2D eigenvalue weighted by atomic mass is 9.60. The van der Waals surface area contributed by atoms with Crippen LogP contribution in [0.15, 0.2) is 17.0 Å². The molecule has 1 aromatic rings. The minimum absolute atomic E-state index is 0.538. The van der Waals surface area contributed by atoms with Crippen molar-refractivity contribution in [1.82, 2.24) is 14.2 Å². The van der Waals surface area contributed by atoms with Crippen LogP contribution in [0.1, 0.15) is 37.8 Å². The molecule has 0 N–H and O–H groups in total. The second-order valence-electron chi connectivity index (χ2n) is 8.56. The molecule has 0 radical (unpaired) electrons. The molecule has 4 fully saturated rings. The van der Waals surface area contributed by atoms with Gasteiger partial charge in [0.25, 0.3) is 0 Å². The Morgan fingerprint density at radius 3 is 2.65 bits per heavy atom. The molecule has 1 aliphatic carbocycles. The number of pyridine rings is 1. The highest BCUT2D eigenvalue weighted by molar-refractivity contribution is 7.97. The summed E-state index contributed by atoms with van der Waals surface area (Å²) in [5.41, 5.74) is 1.68. The minimum atomic E-state index is 0.538. The van der Waals surface area contributed by atoms with Crippen molar-refractivity contribution in [3.8, 4) is 5.88 Å². The Morgan fingerprint density at radius 2 is 2.04 bits per heavy atom. The van der Waals surface area contributed by atoms with Gasteiger partial charge in [-0.3, -0.25) is 4.90 Å². The molecule has 26 heavy (non-hydrogen) atoms. The fourth-order valence-electron chi connectivity index (χ4n) is 5.39. The van der Waals surface area contributed by atoms with E-state index >= 15 is 0 Å². The van der Waals surface area contributed by atoms with E-state index in [0.29, 0.717) is 17.4 Å². The van der Waals surface area contributed by atoms with Crippen LogP contribution in [0.3, 0.4) is 0 Å². The quantitative estimate of drug-likeness (QED) is 0.753. The number of piperidine rings is 1. The number of rotatable bonds is 4. The van der Waals surface area contributed by atoms with Gasteiger partial charge in [-0.15, -0.1) is 0 Å². The van der Waals surface area contributed by atoms with Crippen LogP contribution in [0.2, 0.25) is 0 Å². The smallest absolute Gasteiger partial charge is 0.213 e. The van der Waals surface area contributed by atoms with Crippen LogP contribution in [0.4, 0.5) is 0 Å². The molecule has 6 heteroatoms. The average molecular weight is 376 g/mol. The third-order valence-electron chi connectivity index (χ3n) is 6.98. The fraction of sp³-hybridized carbons (Fsp3) is 0.750. The molecule has 0 amide bonds. The summed E-state index contributed by atoms with van der Waals surface area (Å²) >= 11 is 1.87. The van der Waals surface area contributed by atoms with Gasteiger partial charge in [-0.05, 0) is 62.5 Å². The summed E-state index contributed by atoms with van der Waals surface area (Å²) in [4.78, 5) is 8.52. The lowest BCUT2D eigenvalue weighted by Gasteiger charge is -2.55. The average Bonchev–Trinajstić information content (AvgIpc) is 3.25. The molecule has 5 nitrogen and oxygen atoms in total. The van der Waals surface area contributed by atoms with Crippen molar-refractivity contribution in [2.75, 3.05) is 33.4 Å². The van der Waals surface area contributed by atoms with Crippen molar-refractivity contribution in [1.29, 1.82) is 0 Å². The lowest BCUT2D eigenvalue weighted by molar-refractivity contribution is -0.0685. The number of methoxy groups -OCH3 is 1. The standard InChI is InChI=1S/C20H29N3O2S/c1-14-18(3-4-19(21-14)24-2)26-22-7-5-20(6-8-22)10-16(11-20)23-12-17-9-15(23)13-25-17/h3-4,15-17H,5-13H2,1-2H3/t15?,17-/m1/s1. The topological polar surface area (TPSA) is 37.8 Å². The molecule has 4 aliphatic rings. The van der Waals surface area contributed by atoms with Gasteiger partial charge in [-0.1, -0.05) is 0 Å². The summed E-state index contributed by atoms with van der Waals surface area (Å²) in [7, 11) is 1.67. The first-order valence-electron chi connectivity index (χ1n) is 9.96. The molecule has 1 saturated carbocycles. The summed E-state index contributed by atoms with van der Waals surface area (Å²) < 4.78 is 13.5. The molecule has 2 bridgehead atoms. The monoisotopic (exact) mass is 375 g/mol. The van der Waals surface area contributed by atoms with Crippen molar-refractivity contribution in [3.05, 3.63) is 17.8 Å². The summed E-state index contributed by atoms with van der Waals surface area (Å²) in [5.74, 6) is 0.700. The summed E-state index contributed by atoms with van der Waals surface area (Å²) in [6.45, 7) is 6.63. The van der Waals surface area contributed by atoms with Crippen LogP contribution < -0.4 is 4.74 Å². The molecule has 142 valence electrons. The van der Waals surface area contributed by atoms with Gasteiger partial charge in [0.05, 0.1) is 25.5 Å². The number of nitrogens with zero attached hydrogens (tertiary/aromatic N) is 3. The fourth-order valence-corrected chi connectivity index (χ4v) is 6.34. The van der Waals surface area contributed by atoms with E-state index < -0.39 is 0 Å². The highest BCUT2D eigenvalue weighted by atomic mass is 32.2. The number of hydrogen-bond acceptors (Lipinski definition) is 6. The van der Waals surface area contributed by atoms with Crippen LogP contribution in [-0.4, -0.2) is 65.7 Å². The molecule has 3 aliphatic heterocycles. The van der Waals surface area contributed by atoms with Crippen molar-refractivity contribution >= 4 is 11.9 Å². The zero-order valence-electron chi connectivity index (χ0n) is 15.8. The van der Waals surface area contributed by atoms with Crippen LogP contribution in [0.5, 0.6) is 5.88 Å². The SMILES string of the molecule is COc1ccc(SN2CCC3(CC2)CC(N2C[C@H]4CC2CO4)C3)c(C)n1. The maximum Gasteiger partial charge on any atom is 0.213 e. The molecule has 1 unspecified atom stereocenters. The zero-order valence-corrected chi connectivity index (χ0v) is 16.6. The van der Waals surface area contributed by atoms with Crippen molar-refractivity contribution in [2.45, 2.75) is 62.1 Å². The van der Waals surface area contributed by atoms with Gasteiger partial charge < -0.3 is 9.47 Å². The number of fused-ring (bicyclic) bond motifs is 2. The minimum Gasteiger partial charge on any atom is -0.481 e. The lowest BCUT2D eigenvalue weighted by Crippen LogP contribution is -2.57. The third kappa shape index (κ3) is 3.05. The maximum atomic E-state index is 5.77. The molecule has 1 aromatic heterocycles. The van der Waals surface area contributed by atoms with Gasteiger partial charge in [0, 0.05) is 42.7 Å². The van der Waals surface area contributed by atoms with Gasteiger partial charge >= 0.3 is 0 Å². The Labute approximate surface area is 160 Å². The van der Waals surface area contributed by atoms with Gasteiger partial charge in [-0.2, -0.15) is 0 Å². The number of hydrogen-bond donors (Lipinski definition) is 0. The first kappa shape index (κ1) is 17.3. The molecule has 3 saturated heterocycles. The van der Waals surface area contributed by atoms with Gasteiger partial charge in [-0.25, -0.2) is 9.29 Å². The first-order chi connectivity index (χ1) is 12.6. The number of morpholine rings is 1. The van der Waals surface area contributed by atoms with Crippen LogP contribution in [0, 0.1) is 12.3 Å². The summed E-state index contributed by atoms with van der Waals surface area (Å²) in [6, 6.07) is 5.66. The van der Waals surface area contributed by atoms with Gasteiger partial charge in [0.1, 0.15) is 0 Å². The van der Waals surface area contributed by atoms with E-state index in [1.54, 1.807) is 7.11 Å². The highest BCUT2D eigenvalue weighted by Gasteiger charge is 2.52. The molecule has 0 aromatic carbocycles. The Morgan fingerprint density at radius 1 is 1.23 bits per heavy atom. The molecule has 4 heterocycles. The predicted molar refractivity (Wildman–Crippen MR) is 102 cm³/mol. The van der Waals surface area contributed by atoms with E-state index in [0.717, 1.165) is 24.4 Å². The van der Waals surface area contributed by atoms with Crippen LogP contribution >= 0.6 is 11.9 Å². The van der Waals surface area contributed by atoms with Crippen molar-refractivity contribution < 1.29 is 9.47 Å². The van der Waals surface area contributed by atoms with Gasteiger partial charge in [0.2, 0.25) is 5.88 Å². The van der Waals surface area contributed by atoms with Crippen molar-refractivity contribution in [2.24, 2.45) is 5.41 Å². The van der Waals surface area contributed by atoms with E-state index in [9.17, 15) is 0 Å². The summed E-state index contributed by atoms with van der Waals surface area (Å²) in [6.07, 6.45) is 7.34. The molecule has 2 atom stereocenters. The van der Waals surface area contributed by atoms with Crippen LogP contribution in [0.25, 0.3) is 0 Å². The Kier molecular flexibility index (Phi) is 4.43. The molecular weight excluding hydrogens is 346 g/mol. The Bertz CT molecular complexity index is 669.